The summed E-state index contributed by atoms with van der Waals surface area (Å²) in [4.78, 5) is 27.6. The zero-order valence-electron chi connectivity index (χ0n) is 28.7. The van der Waals surface area contributed by atoms with Crippen LogP contribution in [0, 0.1) is 34.3 Å². The molecule has 4 aliphatic heterocycles. The molecule has 2 aromatic carbocycles. The molecule has 2 unspecified atom stereocenters. The molecule has 6 heterocycles. The zero-order valence-corrected chi connectivity index (χ0v) is 30.3. The lowest BCUT2D eigenvalue weighted by atomic mass is 9.95. The fourth-order valence-corrected chi connectivity index (χ4v) is 9.41. The number of fused-ring (bicyclic) bond motifs is 2. The van der Waals surface area contributed by atoms with Gasteiger partial charge in [0.25, 0.3) is 0 Å². The van der Waals surface area contributed by atoms with Crippen LogP contribution in [-0.4, -0.2) is 102 Å². The van der Waals surface area contributed by atoms with E-state index >= 15 is 8.78 Å². The van der Waals surface area contributed by atoms with Crippen molar-refractivity contribution in [1.82, 2.24) is 25.1 Å². The topological polar surface area (TPSA) is 167 Å². The average Bonchev–Trinajstić information content (AvgIpc) is 3.77. The summed E-state index contributed by atoms with van der Waals surface area (Å²) >= 11 is 7.94. The molecule has 2 aromatic heterocycles. The summed E-state index contributed by atoms with van der Waals surface area (Å²) < 4.78 is 59.8. The highest BCUT2D eigenvalue weighted by atomic mass is 35.5. The van der Waals surface area contributed by atoms with Gasteiger partial charge in [0, 0.05) is 50.6 Å². The maximum absolute atomic E-state index is 17.4. The second kappa shape index (κ2) is 13.7. The van der Waals surface area contributed by atoms with Crippen molar-refractivity contribution in [2.45, 2.75) is 55.9 Å². The van der Waals surface area contributed by atoms with Gasteiger partial charge in [-0.3, -0.25) is 9.69 Å². The Balaban J connectivity index is 1.29. The van der Waals surface area contributed by atoms with Gasteiger partial charge in [-0.15, -0.1) is 11.3 Å². The van der Waals surface area contributed by atoms with Crippen LogP contribution in [0.4, 0.5) is 24.0 Å². The van der Waals surface area contributed by atoms with Crippen LogP contribution >= 0.6 is 22.9 Å². The van der Waals surface area contributed by atoms with Crippen molar-refractivity contribution in [3.05, 3.63) is 34.4 Å². The van der Waals surface area contributed by atoms with E-state index in [1.165, 1.54) is 6.07 Å². The summed E-state index contributed by atoms with van der Waals surface area (Å²) in [6.07, 6.45) is 1.40. The number of alkyl halides is 1. The third kappa shape index (κ3) is 6.02. The molecular weight excluding hydrogens is 731 g/mol. The molecule has 53 heavy (non-hydrogen) atoms. The number of carbonyl (C=O) groups is 1. The van der Waals surface area contributed by atoms with E-state index in [4.69, 9.17) is 31.8 Å². The van der Waals surface area contributed by atoms with Crippen molar-refractivity contribution in [3.8, 4) is 35.0 Å². The van der Waals surface area contributed by atoms with Crippen LogP contribution in [0.5, 0.6) is 11.8 Å². The Labute approximate surface area is 311 Å². The second-order valence-corrected chi connectivity index (χ2v) is 15.5. The third-order valence-electron chi connectivity index (χ3n) is 10.8. The van der Waals surface area contributed by atoms with Gasteiger partial charge in [-0.05, 0) is 37.4 Å². The molecule has 17 heteroatoms. The summed E-state index contributed by atoms with van der Waals surface area (Å²) in [5.74, 6) is -1.27. The number of hydrogen-bond acceptors (Lipinski definition) is 12. The van der Waals surface area contributed by atoms with Crippen molar-refractivity contribution in [3.63, 3.8) is 0 Å². The molecule has 4 aromatic rings. The van der Waals surface area contributed by atoms with Gasteiger partial charge in [0.2, 0.25) is 5.91 Å². The Morgan fingerprint density at radius 3 is 2.87 bits per heavy atom. The van der Waals surface area contributed by atoms with Gasteiger partial charge in [-0.1, -0.05) is 17.7 Å². The lowest BCUT2D eigenvalue weighted by Crippen LogP contribution is -2.43. The number of anilines is 2. The maximum atomic E-state index is 17.4. The number of thiophene rings is 1. The fourth-order valence-electron chi connectivity index (χ4n) is 8.13. The maximum Gasteiger partial charge on any atom is 0.319 e. The molecule has 3 N–H and O–H groups in total. The van der Waals surface area contributed by atoms with Gasteiger partial charge in [0.1, 0.15) is 47.6 Å². The van der Waals surface area contributed by atoms with Crippen LogP contribution in [0.3, 0.4) is 0 Å². The van der Waals surface area contributed by atoms with Crippen LogP contribution in [-0.2, 0) is 4.79 Å². The minimum atomic E-state index is -0.997. The molecule has 276 valence electrons. The standard InChI is InChI=1S/C36H35ClF3N9O3S/c1-47(34(50)23-14-44-23)9-3-11-49-19(6-8-41)16-51-30-26-29(45-35(46-33(26)49)52-17-36-7-2-10-48(36)15-18(38)12-36)28(40)25(27(30)37)20-4-5-22(39)31-24(20)21(13-42)32(43)53-31/h4-5,18-19,23,44H,2-3,6-7,9-12,14-17,43H2,1H3/t18-,19?,23?,36+/m1/s1. The highest BCUT2D eigenvalue weighted by Crippen LogP contribution is 2.51. The number of amides is 1. The van der Waals surface area contributed by atoms with Gasteiger partial charge in [0.15, 0.2) is 11.6 Å². The van der Waals surface area contributed by atoms with Gasteiger partial charge in [-0.25, -0.2) is 13.2 Å². The van der Waals surface area contributed by atoms with Crippen LogP contribution < -0.4 is 25.4 Å². The first-order chi connectivity index (χ1) is 25.5. The first kappa shape index (κ1) is 35.4. The highest BCUT2D eigenvalue weighted by molar-refractivity contribution is 7.23. The number of nitrogens with one attached hydrogen (secondary N) is 1. The number of nitrogens with two attached hydrogens (primary N) is 1. The summed E-state index contributed by atoms with van der Waals surface area (Å²) in [5, 5.41) is 23.0. The second-order valence-electron chi connectivity index (χ2n) is 14.1. The molecule has 0 saturated carbocycles. The summed E-state index contributed by atoms with van der Waals surface area (Å²) in [6.45, 7) is 2.43. The Morgan fingerprint density at radius 1 is 1.30 bits per heavy atom. The minimum Gasteiger partial charge on any atom is -0.489 e. The predicted molar refractivity (Wildman–Crippen MR) is 194 cm³/mol. The van der Waals surface area contributed by atoms with Gasteiger partial charge < -0.3 is 30.3 Å². The van der Waals surface area contributed by atoms with E-state index in [0.717, 1.165) is 36.8 Å². The SMILES string of the molecule is CN(CCCN1c2nc(OC[C@@]34CCCN3C[C@H](F)C4)nc3c(F)c(-c4ccc(F)c5sc(N)c(C#N)c45)c(Cl)c(c23)OCC1CC#N)C(=O)C1CN1. The number of nitrogens with zero attached hydrogens (tertiary/aromatic N) is 7. The van der Waals surface area contributed by atoms with Crippen molar-refractivity contribution in [1.29, 1.82) is 10.5 Å². The number of nitrogen functional groups attached to an aromatic ring is 1. The molecule has 0 bridgehead atoms. The predicted octanol–water partition coefficient (Wildman–Crippen LogP) is 5.15. The van der Waals surface area contributed by atoms with Crippen molar-refractivity contribution in [2.75, 3.05) is 63.6 Å². The lowest BCUT2D eigenvalue weighted by molar-refractivity contribution is -0.129. The number of rotatable bonds is 10. The van der Waals surface area contributed by atoms with Crippen LogP contribution in [0.15, 0.2) is 12.1 Å². The van der Waals surface area contributed by atoms with E-state index in [-0.39, 0.29) is 96.9 Å². The molecule has 0 spiro atoms. The number of nitriles is 2. The zero-order chi connectivity index (χ0) is 37.2. The van der Waals surface area contributed by atoms with Gasteiger partial charge in [-0.2, -0.15) is 20.5 Å². The number of ether oxygens (including phenoxy) is 2. The van der Waals surface area contributed by atoms with E-state index < -0.39 is 29.4 Å². The summed E-state index contributed by atoms with van der Waals surface area (Å²) in [5.41, 5.74) is 5.28. The van der Waals surface area contributed by atoms with Crippen molar-refractivity contribution >= 4 is 60.7 Å². The first-order valence-electron chi connectivity index (χ1n) is 17.5. The number of hydrogen-bond donors (Lipinski definition) is 2. The van der Waals surface area contributed by atoms with Crippen LogP contribution in [0.2, 0.25) is 5.02 Å². The van der Waals surface area contributed by atoms with Gasteiger partial charge in [0.05, 0.1) is 50.8 Å². The first-order valence-corrected chi connectivity index (χ1v) is 18.6. The molecule has 3 fully saturated rings. The molecule has 4 aliphatic rings. The minimum absolute atomic E-state index is 0.0116. The fraction of sp³-hybridized carbons (Fsp3) is 0.472. The molecule has 4 atom stereocenters. The highest BCUT2D eigenvalue weighted by Gasteiger charge is 2.49. The average molecular weight is 766 g/mol. The summed E-state index contributed by atoms with van der Waals surface area (Å²) in [7, 11) is 1.73. The molecule has 0 radical (unpaired) electrons. The normalized spacial score (nSPS) is 23.4. The lowest BCUT2D eigenvalue weighted by Gasteiger charge is -2.32. The molecule has 8 rings (SSSR count). The number of likely N-dealkylation sites (N-methyl/N-ethyl adjacent to an activating group) is 1. The monoisotopic (exact) mass is 765 g/mol. The Kier molecular flexibility index (Phi) is 9.13. The molecule has 0 aliphatic carbocycles. The van der Waals surface area contributed by atoms with E-state index in [9.17, 15) is 19.7 Å². The van der Waals surface area contributed by atoms with E-state index in [1.807, 2.05) is 11.0 Å². The van der Waals surface area contributed by atoms with Crippen molar-refractivity contribution in [2.24, 2.45) is 0 Å². The number of aromatic nitrogens is 2. The molecule has 12 nitrogen and oxygen atoms in total. The number of benzene rings is 2. The van der Waals surface area contributed by atoms with E-state index in [2.05, 4.69) is 21.3 Å². The molecule has 1 amide bonds. The van der Waals surface area contributed by atoms with Crippen LogP contribution in [0.25, 0.3) is 32.1 Å². The van der Waals surface area contributed by atoms with E-state index in [0.29, 0.717) is 39.0 Å². The Bertz CT molecular complexity index is 2240. The Hall–Kier alpha value is -4.61. The molecular formula is C36H35ClF3N9O3S. The number of carbonyl (C=O) groups excluding carboxylic acids is 1. The third-order valence-corrected chi connectivity index (χ3v) is 12.2. The molecule has 3 saturated heterocycles. The van der Waals surface area contributed by atoms with Crippen molar-refractivity contribution < 1.29 is 27.4 Å². The van der Waals surface area contributed by atoms with Gasteiger partial charge >= 0.3 is 6.01 Å². The Morgan fingerprint density at radius 2 is 2.11 bits per heavy atom. The number of halogens is 4. The summed E-state index contributed by atoms with van der Waals surface area (Å²) in [6, 6.07) is 5.80. The quantitative estimate of drug-likeness (QED) is 0.205. The smallest absolute Gasteiger partial charge is 0.319 e. The van der Waals surface area contributed by atoms with E-state index in [1.54, 1.807) is 11.9 Å². The largest absolute Gasteiger partial charge is 0.489 e. The van der Waals surface area contributed by atoms with Crippen LogP contribution in [0.1, 0.15) is 37.7 Å².